The summed E-state index contributed by atoms with van der Waals surface area (Å²) in [5, 5.41) is 7.80. The molecule has 0 unspecified atom stereocenters. The van der Waals surface area contributed by atoms with Crippen molar-refractivity contribution in [2.45, 2.75) is 46.3 Å². The molecule has 0 saturated carbocycles. The van der Waals surface area contributed by atoms with E-state index in [4.69, 9.17) is 0 Å². The normalized spacial score (nSPS) is 11.9. The third kappa shape index (κ3) is 4.63. The summed E-state index contributed by atoms with van der Waals surface area (Å²) in [5.74, 6) is -1.13. The van der Waals surface area contributed by atoms with Gasteiger partial charge in [-0.2, -0.15) is 5.10 Å². The molecule has 5 heteroatoms. The van der Waals surface area contributed by atoms with Crippen LogP contribution in [0.2, 0.25) is 0 Å². The van der Waals surface area contributed by atoms with E-state index in [1.165, 1.54) is 12.1 Å². The predicted molar refractivity (Wildman–Crippen MR) is 79.0 cm³/mol. The first-order valence-electron chi connectivity index (χ1n) is 6.96. The SMILES string of the molecule is Cc1nn(Cc2cc(F)cc(F)c2)cc1CNC(C)(C)C. The summed E-state index contributed by atoms with van der Waals surface area (Å²) in [4.78, 5) is 0. The third-order valence-electron chi connectivity index (χ3n) is 3.12. The molecule has 0 bridgehead atoms. The van der Waals surface area contributed by atoms with Gasteiger partial charge in [-0.05, 0) is 45.4 Å². The second kappa shape index (κ2) is 5.93. The molecule has 2 rings (SSSR count). The van der Waals surface area contributed by atoms with Crippen molar-refractivity contribution >= 4 is 0 Å². The number of aromatic nitrogens is 2. The molecule has 0 aliphatic rings. The molecule has 0 radical (unpaired) electrons. The van der Waals surface area contributed by atoms with Crippen LogP contribution in [0.15, 0.2) is 24.4 Å². The number of hydrogen-bond acceptors (Lipinski definition) is 2. The fraction of sp³-hybridized carbons (Fsp3) is 0.438. The van der Waals surface area contributed by atoms with Crippen molar-refractivity contribution in [2.75, 3.05) is 0 Å². The Bertz CT molecular complexity index is 607. The minimum absolute atomic E-state index is 0.0280. The smallest absolute Gasteiger partial charge is 0.126 e. The topological polar surface area (TPSA) is 29.9 Å². The number of rotatable bonds is 4. The predicted octanol–water partition coefficient (Wildman–Crippen LogP) is 3.41. The summed E-state index contributed by atoms with van der Waals surface area (Å²) in [6.45, 7) is 9.30. The number of hydrogen-bond donors (Lipinski definition) is 1. The highest BCUT2D eigenvalue weighted by Gasteiger charge is 2.12. The first-order valence-corrected chi connectivity index (χ1v) is 6.96. The van der Waals surface area contributed by atoms with Gasteiger partial charge in [0, 0.05) is 29.9 Å². The summed E-state index contributed by atoms with van der Waals surface area (Å²) in [6.07, 6.45) is 1.91. The van der Waals surface area contributed by atoms with Crippen molar-refractivity contribution in [1.29, 1.82) is 0 Å². The largest absolute Gasteiger partial charge is 0.308 e. The van der Waals surface area contributed by atoms with Gasteiger partial charge in [0.2, 0.25) is 0 Å². The Morgan fingerprint density at radius 1 is 1.14 bits per heavy atom. The Morgan fingerprint density at radius 3 is 2.33 bits per heavy atom. The molecule has 2 aromatic rings. The van der Waals surface area contributed by atoms with Gasteiger partial charge in [-0.25, -0.2) is 8.78 Å². The molecule has 0 spiro atoms. The first kappa shape index (κ1) is 15.6. The van der Waals surface area contributed by atoms with Gasteiger partial charge < -0.3 is 5.32 Å². The maximum absolute atomic E-state index is 13.2. The monoisotopic (exact) mass is 293 g/mol. The maximum Gasteiger partial charge on any atom is 0.126 e. The minimum atomic E-state index is -0.566. The zero-order valence-electron chi connectivity index (χ0n) is 12.9. The van der Waals surface area contributed by atoms with Crippen molar-refractivity contribution in [3.8, 4) is 0 Å². The van der Waals surface area contributed by atoms with Crippen LogP contribution >= 0.6 is 0 Å². The molecule has 21 heavy (non-hydrogen) atoms. The van der Waals surface area contributed by atoms with E-state index in [2.05, 4.69) is 31.2 Å². The summed E-state index contributed by atoms with van der Waals surface area (Å²) >= 11 is 0. The van der Waals surface area contributed by atoms with E-state index in [0.29, 0.717) is 18.7 Å². The highest BCUT2D eigenvalue weighted by Crippen LogP contribution is 2.12. The van der Waals surface area contributed by atoms with Gasteiger partial charge in [-0.3, -0.25) is 4.68 Å². The van der Waals surface area contributed by atoms with Crippen LogP contribution in [0.3, 0.4) is 0 Å². The zero-order valence-corrected chi connectivity index (χ0v) is 12.9. The molecule has 3 nitrogen and oxygen atoms in total. The van der Waals surface area contributed by atoms with E-state index in [9.17, 15) is 8.78 Å². The molecule has 1 aromatic carbocycles. The van der Waals surface area contributed by atoms with E-state index in [-0.39, 0.29) is 5.54 Å². The number of aryl methyl sites for hydroxylation is 1. The van der Waals surface area contributed by atoms with Crippen LogP contribution in [0.25, 0.3) is 0 Å². The molecular weight excluding hydrogens is 272 g/mol. The molecule has 1 aromatic heterocycles. The second-order valence-electron chi connectivity index (χ2n) is 6.32. The average molecular weight is 293 g/mol. The lowest BCUT2D eigenvalue weighted by Crippen LogP contribution is -2.35. The molecular formula is C16H21F2N3. The van der Waals surface area contributed by atoms with Crippen molar-refractivity contribution < 1.29 is 8.78 Å². The highest BCUT2D eigenvalue weighted by molar-refractivity contribution is 5.20. The Morgan fingerprint density at radius 2 is 1.76 bits per heavy atom. The lowest BCUT2D eigenvalue weighted by atomic mass is 10.1. The lowest BCUT2D eigenvalue weighted by Gasteiger charge is -2.20. The summed E-state index contributed by atoms with van der Waals surface area (Å²) < 4.78 is 28.1. The quantitative estimate of drug-likeness (QED) is 0.936. The summed E-state index contributed by atoms with van der Waals surface area (Å²) in [7, 11) is 0. The van der Waals surface area contributed by atoms with E-state index in [1.54, 1.807) is 4.68 Å². The summed E-state index contributed by atoms with van der Waals surface area (Å²) in [6, 6.07) is 3.52. The van der Waals surface area contributed by atoms with Crippen LogP contribution in [-0.2, 0) is 13.1 Å². The van der Waals surface area contributed by atoms with Crippen LogP contribution < -0.4 is 5.32 Å². The van der Waals surface area contributed by atoms with Crippen molar-refractivity contribution in [3.05, 3.63) is 52.9 Å². The molecule has 0 aliphatic carbocycles. The molecule has 1 N–H and O–H groups in total. The van der Waals surface area contributed by atoms with Crippen LogP contribution in [0.4, 0.5) is 8.78 Å². The van der Waals surface area contributed by atoms with Gasteiger partial charge >= 0.3 is 0 Å². The Balaban J connectivity index is 2.11. The molecule has 114 valence electrons. The van der Waals surface area contributed by atoms with E-state index in [0.717, 1.165) is 17.3 Å². The van der Waals surface area contributed by atoms with Gasteiger partial charge in [0.25, 0.3) is 0 Å². The minimum Gasteiger partial charge on any atom is -0.308 e. The van der Waals surface area contributed by atoms with Crippen LogP contribution in [0.1, 0.15) is 37.6 Å². The number of halogens is 2. The third-order valence-corrected chi connectivity index (χ3v) is 3.12. The summed E-state index contributed by atoms with van der Waals surface area (Å²) in [5.41, 5.74) is 2.59. The highest BCUT2D eigenvalue weighted by atomic mass is 19.1. The standard InChI is InChI=1S/C16H21F2N3/c1-11-13(8-19-16(2,3)4)10-21(20-11)9-12-5-14(17)7-15(18)6-12/h5-7,10,19H,8-9H2,1-4H3. The van der Waals surface area contributed by atoms with Crippen molar-refractivity contribution in [1.82, 2.24) is 15.1 Å². The molecule has 0 amide bonds. The zero-order chi connectivity index (χ0) is 15.6. The Kier molecular flexibility index (Phi) is 4.42. The van der Waals surface area contributed by atoms with Crippen molar-refractivity contribution in [3.63, 3.8) is 0 Å². The maximum atomic E-state index is 13.2. The van der Waals surface area contributed by atoms with Crippen LogP contribution in [-0.4, -0.2) is 15.3 Å². The second-order valence-corrected chi connectivity index (χ2v) is 6.32. The Hall–Kier alpha value is -1.75. The average Bonchev–Trinajstić information content (AvgIpc) is 2.64. The van der Waals surface area contributed by atoms with Gasteiger partial charge in [0.05, 0.1) is 12.2 Å². The number of nitrogens with zero attached hydrogens (tertiary/aromatic N) is 2. The molecule has 0 atom stereocenters. The van der Waals surface area contributed by atoms with Gasteiger partial charge in [0.15, 0.2) is 0 Å². The van der Waals surface area contributed by atoms with E-state index in [1.807, 2.05) is 13.1 Å². The van der Waals surface area contributed by atoms with Gasteiger partial charge in [-0.15, -0.1) is 0 Å². The number of nitrogens with one attached hydrogen (secondary N) is 1. The van der Waals surface area contributed by atoms with Gasteiger partial charge in [0.1, 0.15) is 11.6 Å². The van der Waals surface area contributed by atoms with Crippen LogP contribution in [0.5, 0.6) is 0 Å². The fourth-order valence-corrected chi connectivity index (χ4v) is 2.06. The van der Waals surface area contributed by atoms with Gasteiger partial charge in [-0.1, -0.05) is 0 Å². The molecule has 1 heterocycles. The molecule has 0 fully saturated rings. The molecule has 0 aliphatic heterocycles. The van der Waals surface area contributed by atoms with Crippen LogP contribution in [0, 0.1) is 18.6 Å². The fourth-order valence-electron chi connectivity index (χ4n) is 2.06. The lowest BCUT2D eigenvalue weighted by molar-refractivity contribution is 0.423. The van der Waals surface area contributed by atoms with Crippen molar-refractivity contribution in [2.24, 2.45) is 0 Å². The Labute approximate surface area is 124 Å². The van der Waals surface area contributed by atoms with E-state index >= 15 is 0 Å². The number of benzene rings is 1. The first-order chi connectivity index (χ1) is 9.73. The van der Waals surface area contributed by atoms with E-state index < -0.39 is 11.6 Å². The molecule has 0 saturated heterocycles.